The van der Waals surface area contributed by atoms with E-state index >= 15 is 0 Å². The number of ether oxygens (including phenoxy) is 1. The zero-order chi connectivity index (χ0) is 10.9. The standard InChI is InChI=1S/C11H25N3O.2ClH/c12-5-4-11-3-1-2-7-14(11)8-10-15-9-6-13;;/h11H,1-10,12-13H2;2*1H. The van der Waals surface area contributed by atoms with E-state index in [0.29, 0.717) is 19.2 Å². The minimum atomic E-state index is 0. The molecular weight excluding hydrogens is 261 g/mol. The Morgan fingerprint density at radius 3 is 2.47 bits per heavy atom. The predicted octanol–water partition coefficient (Wildman–Crippen LogP) is 1.01. The molecule has 0 spiro atoms. The van der Waals surface area contributed by atoms with Crippen LogP contribution in [0.1, 0.15) is 25.7 Å². The molecule has 106 valence electrons. The fourth-order valence-electron chi connectivity index (χ4n) is 2.24. The van der Waals surface area contributed by atoms with Crippen LogP contribution in [0.25, 0.3) is 0 Å². The highest BCUT2D eigenvalue weighted by Crippen LogP contribution is 2.18. The maximum atomic E-state index is 5.62. The third-order valence-electron chi connectivity index (χ3n) is 3.03. The van der Waals surface area contributed by atoms with E-state index in [-0.39, 0.29) is 24.8 Å². The van der Waals surface area contributed by atoms with E-state index in [1.54, 1.807) is 0 Å². The Balaban J connectivity index is 0. The van der Waals surface area contributed by atoms with Crippen molar-refractivity contribution in [1.29, 1.82) is 0 Å². The van der Waals surface area contributed by atoms with Crippen molar-refractivity contribution >= 4 is 24.8 Å². The summed E-state index contributed by atoms with van der Waals surface area (Å²) in [6.45, 7) is 5.13. The van der Waals surface area contributed by atoms with Gasteiger partial charge in [0.15, 0.2) is 0 Å². The largest absolute Gasteiger partial charge is 0.379 e. The van der Waals surface area contributed by atoms with Gasteiger partial charge in [-0.3, -0.25) is 4.90 Å². The Kier molecular flexibility index (Phi) is 14.9. The van der Waals surface area contributed by atoms with E-state index in [9.17, 15) is 0 Å². The fourth-order valence-corrected chi connectivity index (χ4v) is 2.24. The molecule has 4 nitrogen and oxygen atoms in total. The second kappa shape index (κ2) is 12.9. The Labute approximate surface area is 117 Å². The second-order valence-corrected chi connectivity index (χ2v) is 4.16. The third-order valence-corrected chi connectivity index (χ3v) is 3.03. The molecule has 0 bridgehead atoms. The Morgan fingerprint density at radius 2 is 1.82 bits per heavy atom. The molecule has 0 aromatic heterocycles. The lowest BCUT2D eigenvalue weighted by molar-refractivity contribution is 0.0729. The summed E-state index contributed by atoms with van der Waals surface area (Å²) in [5.74, 6) is 0. The number of halogens is 2. The summed E-state index contributed by atoms with van der Waals surface area (Å²) < 4.78 is 5.41. The third kappa shape index (κ3) is 8.19. The van der Waals surface area contributed by atoms with Crippen molar-refractivity contribution < 1.29 is 4.74 Å². The zero-order valence-corrected chi connectivity index (χ0v) is 12.1. The molecule has 0 aliphatic carbocycles. The molecule has 1 heterocycles. The number of nitrogens with two attached hydrogens (primary N) is 2. The Bertz CT molecular complexity index is 162. The van der Waals surface area contributed by atoms with Crippen LogP contribution in [-0.2, 0) is 4.74 Å². The first kappa shape index (κ1) is 19.8. The first-order valence-corrected chi connectivity index (χ1v) is 6.10. The molecule has 1 aliphatic heterocycles. The Morgan fingerprint density at radius 1 is 1.06 bits per heavy atom. The lowest BCUT2D eigenvalue weighted by Crippen LogP contribution is -2.42. The highest BCUT2D eigenvalue weighted by atomic mass is 35.5. The van der Waals surface area contributed by atoms with E-state index < -0.39 is 0 Å². The molecule has 6 heteroatoms. The molecule has 1 saturated heterocycles. The normalized spacial score (nSPS) is 20.5. The number of likely N-dealkylation sites (tertiary alicyclic amines) is 1. The average molecular weight is 288 g/mol. The summed E-state index contributed by atoms with van der Waals surface area (Å²) in [4.78, 5) is 2.52. The van der Waals surface area contributed by atoms with Crippen LogP contribution >= 0.6 is 24.8 Å². The van der Waals surface area contributed by atoms with E-state index in [1.165, 1.54) is 25.8 Å². The van der Waals surface area contributed by atoms with E-state index in [2.05, 4.69) is 4.90 Å². The summed E-state index contributed by atoms with van der Waals surface area (Å²) >= 11 is 0. The molecule has 0 aromatic rings. The number of hydrogen-bond donors (Lipinski definition) is 2. The number of hydrogen-bond acceptors (Lipinski definition) is 4. The molecule has 4 N–H and O–H groups in total. The first-order valence-electron chi connectivity index (χ1n) is 6.10. The predicted molar refractivity (Wildman–Crippen MR) is 77.3 cm³/mol. The van der Waals surface area contributed by atoms with Gasteiger partial charge in [-0.05, 0) is 32.4 Å². The smallest absolute Gasteiger partial charge is 0.0594 e. The van der Waals surface area contributed by atoms with Gasteiger partial charge in [-0.1, -0.05) is 6.42 Å². The van der Waals surface area contributed by atoms with Crippen LogP contribution in [0, 0.1) is 0 Å². The monoisotopic (exact) mass is 287 g/mol. The van der Waals surface area contributed by atoms with Gasteiger partial charge in [0.1, 0.15) is 0 Å². The minimum Gasteiger partial charge on any atom is -0.379 e. The van der Waals surface area contributed by atoms with Gasteiger partial charge in [-0.25, -0.2) is 0 Å². The SMILES string of the molecule is Cl.Cl.NCCOCCN1CCCCC1CCN. The summed E-state index contributed by atoms with van der Waals surface area (Å²) in [5, 5.41) is 0. The van der Waals surface area contributed by atoms with Crippen LogP contribution in [0.3, 0.4) is 0 Å². The summed E-state index contributed by atoms with van der Waals surface area (Å²) in [6.07, 6.45) is 5.09. The van der Waals surface area contributed by atoms with Gasteiger partial charge in [0.25, 0.3) is 0 Å². The van der Waals surface area contributed by atoms with Crippen molar-refractivity contribution in [2.24, 2.45) is 11.5 Å². The molecular formula is C11H27Cl2N3O. The van der Waals surface area contributed by atoms with Gasteiger partial charge in [-0.2, -0.15) is 0 Å². The van der Waals surface area contributed by atoms with Crippen molar-refractivity contribution in [3.05, 3.63) is 0 Å². The van der Waals surface area contributed by atoms with Crippen molar-refractivity contribution in [3.63, 3.8) is 0 Å². The van der Waals surface area contributed by atoms with Gasteiger partial charge >= 0.3 is 0 Å². The topological polar surface area (TPSA) is 64.5 Å². The van der Waals surface area contributed by atoms with Crippen molar-refractivity contribution in [1.82, 2.24) is 4.90 Å². The highest BCUT2D eigenvalue weighted by Gasteiger charge is 2.20. The molecule has 1 rings (SSSR count). The number of nitrogens with zero attached hydrogens (tertiary/aromatic N) is 1. The summed E-state index contributed by atoms with van der Waals surface area (Å²) in [6, 6.07) is 0.685. The molecule has 0 amide bonds. The van der Waals surface area contributed by atoms with Crippen molar-refractivity contribution in [2.75, 3.05) is 39.4 Å². The quantitative estimate of drug-likeness (QED) is 0.686. The minimum absolute atomic E-state index is 0. The maximum Gasteiger partial charge on any atom is 0.0594 e. The Hall–Kier alpha value is 0.420. The molecule has 1 fully saturated rings. The lowest BCUT2D eigenvalue weighted by atomic mass is 9.99. The fraction of sp³-hybridized carbons (Fsp3) is 1.00. The average Bonchev–Trinajstić information content (AvgIpc) is 2.27. The van der Waals surface area contributed by atoms with Crippen LogP contribution < -0.4 is 11.5 Å². The van der Waals surface area contributed by atoms with Gasteiger partial charge in [-0.15, -0.1) is 24.8 Å². The molecule has 1 unspecified atom stereocenters. The molecule has 17 heavy (non-hydrogen) atoms. The van der Waals surface area contributed by atoms with Crippen molar-refractivity contribution in [3.8, 4) is 0 Å². The summed E-state index contributed by atoms with van der Waals surface area (Å²) in [5.41, 5.74) is 11.0. The summed E-state index contributed by atoms with van der Waals surface area (Å²) in [7, 11) is 0. The van der Waals surface area contributed by atoms with E-state index in [1.807, 2.05) is 0 Å². The van der Waals surface area contributed by atoms with Crippen LogP contribution in [0.2, 0.25) is 0 Å². The number of piperidine rings is 1. The second-order valence-electron chi connectivity index (χ2n) is 4.16. The molecule has 0 aromatic carbocycles. The highest BCUT2D eigenvalue weighted by molar-refractivity contribution is 5.85. The van der Waals surface area contributed by atoms with Gasteiger partial charge in [0, 0.05) is 19.1 Å². The zero-order valence-electron chi connectivity index (χ0n) is 10.5. The molecule has 1 atom stereocenters. The van der Waals surface area contributed by atoms with Crippen LogP contribution in [-0.4, -0.2) is 50.3 Å². The molecule has 0 saturated carbocycles. The van der Waals surface area contributed by atoms with E-state index in [4.69, 9.17) is 16.2 Å². The van der Waals surface area contributed by atoms with Gasteiger partial charge < -0.3 is 16.2 Å². The van der Waals surface area contributed by atoms with Crippen LogP contribution in [0.15, 0.2) is 0 Å². The lowest BCUT2D eigenvalue weighted by Gasteiger charge is -2.35. The number of rotatable bonds is 7. The van der Waals surface area contributed by atoms with Crippen LogP contribution in [0.5, 0.6) is 0 Å². The van der Waals surface area contributed by atoms with Gasteiger partial charge in [0.2, 0.25) is 0 Å². The van der Waals surface area contributed by atoms with Crippen LogP contribution in [0.4, 0.5) is 0 Å². The van der Waals surface area contributed by atoms with Crippen molar-refractivity contribution in [2.45, 2.75) is 31.7 Å². The maximum absolute atomic E-state index is 5.62. The first-order chi connectivity index (χ1) is 7.38. The molecule has 1 aliphatic rings. The van der Waals surface area contributed by atoms with E-state index in [0.717, 1.165) is 26.1 Å². The van der Waals surface area contributed by atoms with Gasteiger partial charge in [0.05, 0.1) is 13.2 Å². The molecule has 0 radical (unpaired) electrons.